The van der Waals surface area contributed by atoms with Crippen LogP contribution in [-0.4, -0.2) is 82.9 Å². The van der Waals surface area contributed by atoms with E-state index in [0.717, 1.165) is 55.6 Å². The van der Waals surface area contributed by atoms with Crippen molar-refractivity contribution in [1.82, 2.24) is 15.5 Å². The number of hydrogen-bond donors (Lipinski definition) is 3. The van der Waals surface area contributed by atoms with Crippen molar-refractivity contribution in [3.8, 4) is 0 Å². The first-order valence-electron chi connectivity index (χ1n) is 14.3. The Hall–Kier alpha value is -3.01. The molecule has 1 aliphatic heterocycles. The van der Waals surface area contributed by atoms with E-state index in [1.54, 1.807) is 6.07 Å². The molecule has 3 N–H and O–H groups in total. The molecule has 2 heterocycles. The predicted octanol–water partition coefficient (Wildman–Crippen LogP) is 5.94. The van der Waals surface area contributed by atoms with Crippen molar-refractivity contribution in [2.45, 2.75) is 38.7 Å². The second-order valence-electron chi connectivity index (χ2n) is 9.69. The van der Waals surface area contributed by atoms with Gasteiger partial charge in [0.05, 0.1) is 18.9 Å². The normalized spacial score (nSPS) is 14.0. The number of carbonyl (C=O) groups is 1. The number of aliphatic imine (C=N–C) groups is 1. The Morgan fingerprint density at radius 2 is 1.93 bits per heavy atom. The number of benzene rings is 1. The maximum Gasteiger partial charge on any atom is 0.176 e. The van der Waals surface area contributed by atoms with Crippen LogP contribution in [0.3, 0.4) is 0 Å². The first-order chi connectivity index (χ1) is 20.4. The number of aryl methyl sites for hydroxylation is 1. The molecule has 2 aromatic rings. The van der Waals surface area contributed by atoms with Gasteiger partial charge in [0.25, 0.3) is 0 Å². The van der Waals surface area contributed by atoms with Crippen LogP contribution < -0.4 is 10.6 Å². The molecule has 1 unspecified atom stereocenters. The second-order valence-corrected chi connectivity index (χ2v) is 10.1. The molecule has 0 amide bonds. The number of rotatable bonds is 14. The Morgan fingerprint density at radius 1 is 1.21 bits per heavy atom. The summed E-state index contributed by atoms with van der Waals surface area (Å²) in [6, 6.07) is 10.1. The molecular formula is C33H49ClN4O4. The molecule has 1 aliphatic rings. The number of nitrogens with zero attached hydrogens (tertiary/aromatic N) is 2. The van der Waals surface area contributed by atoms with Gasteiger partial charge in [-0.2, -0.15) is 0 Å². The van der Waals surface area contributed by atoms with Crippen LogP contribution in [0, 0.1) is 6.92 Å². The van der Waals surface area contributed by atoms with Crippen LogP contribution in [0.2, 0.25) is 0 Å². The third kappa shape index (κ3) is 13.8. The van der Waals surface area contributed by atoms with Crippen LogP contribution in [0.15, 0.2) is 64.5 Å². The standard InChI is InChI=1S/C27H35N3O3.C4H7ClO.C2H7N/c1-20-8-5-10-22(18-20)21(2)9-6-11-24(30-14-16-32-17-15-30)27-23(29-4)19-26(33-27)25(31)12-7-13-28-3;5-3-1-2-4-6;1-3-2/h5-6,8-11,18-19,25,28,31H,2,4,7,12-17H2,1,3H3;4H,1-3H2;3H,1-2H3/b9-6-,24-11+;;. The van der Waals surface area contributed by atoms with Crippen LogP contribution in [0.25, 0.3) is 11.3 Å². The van der Waals surface area contributed by atoms with Gasteiger partial charge in [0.1, 0.15) is 23.8 Å². The number of ether oxygens (including phenoxy) is 1. The molecule has 0 radical (unpaired) electrons. The van der Waals surface area contributed by atoms with Crippen molar-refractivity contribution in [2.24, 2.45) is 4.99 Å². The van der Waals surface area contributed by atoms with Crippen molar-refractivity contribution in [2.75, 3.05) is 59.9 Å². The Labute approximate surface area is 257 Å². The third-order valence-electron chi connectivity index (χ3n) is 6.12. The van der Waals surface area contributed by atoms with Gasteiger partial charge >= 0.3 is 0 Å². The molecule has 0 bridgehead atoms. The number of alkyl halides is 1. The number of halogens is 1. The third-order valence-corrected chi connectivity index (χ3v) is 6.38. The van der Waals surface area contributed by atoms with Crippen molar-refractivity contribution >= 4 is 41.6 Å². The molecule has 0 aliphatic carbocycles. The largest absolute Gasteiger partial charge is 0.454 e. The van der Waals surface area contributed by atoms with E-state index in [1.165, 1.54) is 5.56 Å². The van der Waals surface area contributed by atoms with Gasteiger partial charge in [-0.25, -0.2) is 0 Å². The summed E-state index contributed by atoms with van der Waals surface area (Å²) in [6.07, 6.45) is 9.04. The van der Waals surface area contributed by atoms with Gasteiger partial charge in [-0.05, 0) is 77.8 Å². The summed E-state index contributed by atoms with van der Waals surface area (Å²) in [7, 11) is 5.65. The first-order valence-corrected chi connectivity index (χ1v) is 14.9. The number of carbonyl (C=O) groups excluding carboxylic acids is 1. The Kier molecular flexibility index (Phi) is 19.9. The topological polar surface area (TPSA) is 99.3 Å². The highest BCUT2D eigenvalue weighted by Crippen LogP contribution is 2.36. The van der Waals surface area contributed by atoms with Crippen LogP contribution in [0.4, 0.5) is 5.69 Å². The maximum absolute atomic E-state index is 10.6. The van der Waals surface area contributed by atoms with E-state index < -0.39 is 6.10 Å². The summed E-state index contributed by atoms with van der Waals surface area (Å²) in [5.74, 6) is 1.72. The summed E-state index contributed by atoms with van der Waals surface area (Å²) in [6.45, 7) is 13.6. The Bertz CT molecular complexity index is 1120. The van der Waals surface area contributed by atoms with Gasteiger partial charge in [-0.3, -0.25) is 4.99 Å². The summed E-state index contributed by atoms with van der Waals surface area (Å²) >= 11 is 5.22. The number of hydrogen-bond acceptors (Lipinski definition) is 8. The van der Waals surface area contributed by atoms with Crippen molar-refractivity contribution < 1.29 is 19.1 Å². The summed E-state index contributed by atoms with van der Waals surface area (Å²) in [5, 5.41) is 16.5. The molecule has 0 saturated carbocycles. The predicted molar refractivity (Wildman–Crippen MR) is 177 cm³/mol. The van der Waals surface area contributed by atoms with Gasteiger partial charge in [-0.1, -0.05) is 48.6 Å². The smallest absolute Gasteiger partial charge is 0.176 e. The number of unbranched alkanes of at least 4 members (excludes halogenated alkanes) is 1. The van der Waals surface area contributed by atoms with E-state index in [4.69, 9.17) is 20.8 Å². The lowest BCUT2D eigenvalue weighted by Crippen LogP contribution is -2.34. The van der Waals surface area contributed by atoms with Gasteiger partial charge in [0.2, 0.25) is 0 Å². The molecule has 1 fully saturated rings. The van der Waals surface area contributed by atoms with Crippen molar-refractivity contribution in [3.63, 3.8) is 0 Å². The van der Waals surface area contributed by atoms with E-state index in [0.29, 0.717) is 49.1 Å². The van der Waals surface area contributed by atoms with Crippen molar-refractivity contribution in [3.05, 3.63) is 77.8 Å². The number of morpholine rings is 1. The molecule has 3 rings (SSSR count). The highest BCUT2D eigenvalue weighted by atomic mass is 35.5. The molecule has 1 atom stereocenters. The first kappa shape index (κ1) is 37.0. The molecule has 42 heavy (non-hydrogen) atoms. The monoisotopic (exact) mass is 600 g/mol. The minimum absolute atomic E-state index is 0.510. The average Bonchev–Trinajstić information content (AvgIpc) is 3.44. The zero-order valence-electron chi connectivity index (χ0n) is 25.7. The van der Waals surface area contributed by atoms with Crippen molar-refractivity contribution in [1.29, 1.82) is 0 Å². The summed E-state index contributed by atoms with van der Waals surface area (Å²) in [5.41, 5.74) is 4.73. The number of furan rings is 1. The fraction of sp³-hybridized carbons (Fsp3) is 0.455. The van der Waals surface area contributed by atoms with Gasteiger partial charge in [-0.15, -0.1) is 11.6 Å². The molecule has 1 aromatic heterocycles. The number of aliphatic hydroxyl groups excluding tert-OH is 1. The Balaban J connectivity index is 0.000000857. The van der Waals surface area contributed by atoms with Gasteiger partial charge in [0.15, 0.2) is 5.76 Å². The second kappa shape index (κ2) is 22.6. The van der Waals surface area contributed by atoms with E-state index in [1.807, 2.05) is 45.4 Å². The average molecular weight is 601 g/mol. The molecule has 0 spiro atoms. The fourth-order valence-corrected chi connectivity index (χ4v) is 4.12. The van der Waals surface area contributed by atoms with Crippen LogP contribution in [0.5, 0.6) is 0 Å². The minimum Gasteiger partial charge on any atom is -0.454 e. The molecule has 9 heteroatoms. The fourth-order valence-electron chi connectivity index (χ4n) is 3.97. The van der Waals surface area contributed by atoms with E-state index in [2.05, 4.69) is 58.9 Å². The van der Waals surface area contributed by atoms with Crippen LogP contribution >= 0.6 is 11.6 Å². The van der Waals surface area contributed by atoms with E-state index >= 15 is 0 Å². The van der Waals surface area contributed by atoms with Crippen LogP contribution in [-0.2, 0) is 9.53 Å². The van der Waals surface area contributed by atoms with Crippen LogP contribution in [0.1, 0.15) is 54.4 Å². The summed E-state index contributed by atoms with van der Waals surface area (Å²) in [4.78, 5) is 15.9. The lowest BCUT2D eigenvalue weighted by molar-refractivity contribution is -0.107. The molecular weight excluding hydrogens is 552 g/mol. The van der Waals surface area contributed by atoms with Gasteiger partial charge < -0.3 is 34.6 Å². The van der Waals surface area contributed by atoms with E-state index in [-0.39, 0.29) is 0 Å². The maximum atomic E-state index is 10.6. The lowest BCUT2D eigenvalue weighted by atomic mass is 10.0. The molecule has 1 saturated heterocycles. The quantitative estimate of drug-likeness (QED) is 0.0812. The lowest BCUT2D eigenvalue weighted by Gasteiger charge is -2.30. The van der Waals surface area contributed by atoms with E-state index in [9.17, 15) is 9.90 Å². The summed E-state index contributed by atoms with van der Waals surface area (Å²) < 4.78 is 11.7. The molecule has 8 nitrogen and oxygen atoms in total. The molecule has 1 aromatic carbocycles. The SMILES string of the molecule is C=Nc1cc(C(O)CCCNC)oc1/C(=C\C=C/C(=C)c1cccc(C)c1)N1CCOCC1.CNC.O=CCCCCl. The number of aliphatic hydroxyl groups is 1. The molecule has 232 valence electrons. The number of allylic oxidation sites excluding steroid dienone is 4. The highest BCUT2D eigenvalue weighted by molar-refractivity contribution is 6.17. The number of aldehydes is 1. The minimum atomic E-state index is -0.685. The zero-order valence-corrected chi connectivity index (χ0v) is 26.5. The Morgan fingerprint density at radius 3 is 2.50 bits per heavy atom. The zero-order chi connectivity index (χ0) is 31.2. The van der Waals surface area contributed by atoms with Gasteiger partial charge in [0, 0.05) is 31.5 Å². The number of nitrogens with one attached hydrogen (secondary N) is 2. The highest BCUT2D eigenvalue weighted by Gasteiger charge is 2.23.